The fraction of sp³-hybridized carbons (Fsp3) is 0.800. The summed E-state index contributed by atoms with van der Waals surface area (Å²) in [5.74, 6) is -1.49. The zero-order valence-corrected chi connectivity index (χ0v) is 35.0. The van der Waals surface area contributed by atoms with Crippen LogP contribution in [-0.4, -0.2) is 80.6 Å². The molecule has 0 aliphatic heterocycles. The summed E-state index contributed by atoms with van der Waals surface area (Å²) in [6.45, 7) is 4.67. The Hall–Kier alpha value is -2.45. The van der Waals surface area contributed by atoms with Gasteiger partial charge < -0.3 is 23.8 Å². The number of unbranched alkanes of at least 4 members (excludes halogenated alkanes) is 18. The molecule has 1 N–H and O–H groups in total. The molecule has 0 saturated heterocycles. The zero-order valence-electron chi connectivity index (χ0n) is 35.0. The van der Waals surface area contributed by atoms with Gasteiger partial charge in [-0.1, -0.05) is 127 Å². The highest BCUT2D eigenvalue weighted by Crippen LogP contribution is 2.14. The molecule has 8 nitrogen and oxygen atoms in total. The number of hydrogen-bond acceptors (Lipinski definition) is 6. The topological polar surface area (TPSA) is 99.1 Å². The molecule has 0 saturated carbocycles. The predicted molar refractivity (Wildman–Crippen MR) is 220 cm³/mol. The monoisotopic (exact) mass is 749 g/mol. The van der Waals surface area contributed by atoms with Crippen molar-refractivity contribution in [3.63, 3.8) is 0 Å². The number of ether oxygens (including phenoxy) is 3. The van der Waals surface area contributed by atoms with E-state index in [2.05, 4.69) is 50.3 Å². The molecule has 0 rings (SSSR count). The largest absolute Gasteiger partial charge is 0.477 e. The molecular weight excluding hydrogens is 666 g/mol. The van der Waals surface area contributed by atoms with Gasteiger partial charge in [0.1, 0.15) is 6.61 Å². The summed E-state index contributed by atoms with van der Waals surface area (Å²) in [6.07, 6.45) is 40.3. The van der Waals surface area contributed by atoms with Crippen LogP contribution >= 0.6 is 0 Å². The molecule has 0 aromatic rings. The summed E-state index contributed by atoms with van der Waals surface area (Å²) in [5, 5.41) is 9.60. The second kappa shape index (κ2) is 36.5. The van der Waals surface area contributed by atoms with Gasteiger partial charge in [0.2, 0.25) is 0 Å². The number of carboxylic acids is 1. The summed E-state index contributed by atoms with van der Waals surface area (Å²) in [7, 11) is 5.52. The molecule has 0 bridgehead atoms. The predicted octanol–water partition coefficient (Wildman–Crippen LogP) is 11.5. The van der Waals surface area contributed by atoms with Gasteiger partial charge in [0.15, 0.2) is 12.1 Å². The lowest BCUT2D eigenvalue weighted by Gasteiger charge is -2.31. The van der Waals surface area contributed by atoms with E-state index in [0.717, 1.165) is 64.2 Å². The van der Waals surface area contributed by atoms with E-state index in [-0.39, 0.29) is 36.2 Å². The van der Waals surface area contributed by atoms with E-state index in [1.165, 1.54) is 83.5 Å². The van der Waals surface area contributed by atoms with Crippen molar-refractivity contribution in [2.75, 3.05) is 41.0 Å². The average Bonchev–Trinajstić information content (AvgIpc) is 3.11. The number of carbonyl (C=O) groups excluding carboxylic acids is 2. The van der Waals surface area contributed by atoms with Gasteiger partial charge in [0, 0.05) is 19.3 Å². The maximum Gasteiger partial charge on any atom is 0.362 e. The van der Waals surface area contributed by atoms with Crippen LogP contribution in [-0.2, 0) is 28.6 Å². The molecule has 0 amide bonds. The Bertz CT molecular complexity index is 968. The van der Waals surface area contributed by atoms with Gasteiger partial charge in [-0.05, 0) is 70.6 Å². The Morgan fingerprint density at radius 2 is 1.00 bits per heavy atom. The first kappa shape index (κ1) is 50.5. The van der Waals surface area contributed by atoms with E-state index in [4.69, 9.17) is 14.2 Å². The van der Waals surface area contributed by atoms with Gasteiger partial charge in [-0.3, -0.25) is 9.59 Å². The van der Waals surface area contributed by atoms with Crippen LogP contribution in [0.2, 0.25) is 0 Å². The minimum atomic E-state index is -0.878. The third kappa shape index (κ3) is 35.0. The number of likely N-dealkylation sites (N-methyl/N-ethyl adjacent to an activating group) is 1. The van der Waals surface area contributed by atoms with Gasteiger partial charge in [0.25, 0.3) is 0 Å². The molecule has 308 valence electrons. The van der Waals surface area contributed by atoms with Gasteiger partial charge in [0.05, 0.1) is 34.4 Å². The maximum absolute atomic E-state index is 12.7. The van der Waals surface area contributed by atoms with Crippen LogP contribution in [0.4, 0.5) is 0 Å². The summed E-state index contributed by atoms with van der Waals surface area (Å²) < 4.78 is 17.2. The quantitative estimate of drug-likeness (QED) is 0.0290. The first-order chi connectivity index (χ1) is 25.6. The molecule has 2 unspecified atom stereocenters. The Morgan fingerprint density at radius 1 is 0.566 bits per heavy atom. The molecule has 0 aromatic carbocycles. The number of allylic oxidation sites excluding steroid dienone is 6. The number of aliphatic carboxylic acids is 1. The first-order valence-corrected chi connectivity index (χ1v) is 21.5. The van der Waals surface area contributed by atoms with Crippen LogP contribution in [0.5, 0.6) is 0 Å². The van der Waals surface area contributed by atoms with Crippen molar-refractivity contribution >= 4 is 17.9 Å². The van der Waals surface area contributed by atoms with E-state index < -0.39 is 18.1 Å². The second-order valence-electron chi connectivity index (χ2n) is 15.6. The summed E-state index contributed by atoms with van der Waals surface area (Å²) in [4.78, 5) is 36.9. The fourth-order valence-corrected chi connectivity index (χ4v) is 6.11. The summed E-state index contributed by atoms with van der Waals surface area (Å²) in [5.41, 5.74) is 0. The van der Waals surface area contributed by atoms with Crippen molar-refractivity contribution in [1.29, 1.82) is 0 Å². The smallest absolute Gasteiger partial charge is 0.362 e. The summed E-state index contributed by atoms with van der Waals surface area (Å²) in [6, 6.07) is -0.616. The van der Waals surface area contributed by atoms with E-state index in [0.29, 0.717) is 19.3 Å². The molecule has 8 heteroatoms. The number of rotatable bonds is 38. The van der Waals surface area contributed by atoms with Crippen LogP contribution < -0.4 is 0 Å². The van der Waals surface area contributed by atoms with Gasteiger partial charge in [-0.2, -0.15) is 0 Å². The van der Waals surface area contributed by atoms with Crippen molar-refractivity contribution < 1.29 is 38.2 Å². The fourth-order valence-electron chi connectivity index (χ4n) is 6.11. The van der Waals surface area contributed by atoms with Gasteiger partial charge in [-0.15, -0.1) is 0 Å². The molecule has 0 radical (unpaired) electrons. The van der Waals surface area contributed by atoms with Crippen LogP contribution in [0.3, 0.4) is 0 Å². The molecule has 53 heavy (non-hydrogen) atoms. The number of esters is 2. The van der Waals surface area contributed by atoms with Gasteiger partial charge in [-0.25, -0.2) is 4.79 Å². The minimum absolute atomic E-state index is 0.0560. The highest BCUT2D eigenvalue weighted by molar-refractivity contribution is 5.72. The molecule has 0 spiro atoms. The highest BCUT2D eigenvalue weighted by atomic mass is 16.6. The maximum atomic E-state index is 12.7. The average molecular weight is 749 g/mol. The third-order valence-electron chi connectivity index (χ3n) is 9.51. The van der Waals surface area contributed by atoms with Crippen LogP contribution in [0.15, 0.2) is 36.5 Å². The van der Waals surface area contributed by atoms with Crippen molar-refractivity contribution in [2.45, 2.75) is 193 Å². The van der Waals surface area contributed by atoms with Gasteiger partial charge >= 0.3 is 17.9 Å². The van der Waals surface area contributed by atoms with E-state index in [1.807, 2.05) is 21.1 Å². The van der Waals surface area contributed by atoms with Crippen molar-refractivity contribution in [3.05, 3.63) is 36.5 Å². The molecular formula is C45H82NO7+. The van der Waals surface area contributed by atoms with Crippen molar-refractivity contribution in [1.82, 2.24) is 0 Å². The molecule has 0 aliphatic rings. The highest BCUT2D eigenvalue weighted by Gasteiger charge is 2.31. The Kier molecular flexibility index (Phi) is 34.8. The molecule has 0 fully saturated rings. The number of carbonyl (C=O) groups is 3. The normalized spacial score (nSPS) is 13.3. The Balaban J connectivity index is 4.37. The van der Waals surface area contributed by atoms with Crippen molar-refractivity contribution in [2.24, 2.45) is 0 Å². The standard InChI is InChI=1S/C45H81NO7/c1-6-8-10-12-14-16-18-20-21-22-23-24-26-28-30-32-34-36-44(48)53-41(39-51-38-37-42(45(49)50)46(3,4)5)40-52-43(47)35-33-31-29-27-25-19-17-15-13-11-9-7-2/h14-17,20-21,41-42H,6-13,18-19,22-40H2,1-5H3/p+1/b16-14+,17-15+,21-20+. The minimum Gasteiger partial charge on any atom is -0.477 e. The lowest BCUT2D eigenvalue weighted by Crippen LogP contribution is -2.50. The lowest BCUT2D eigenvalue weighted by atomic mass is 10.1. The SMILES string of the molecule is CCCCC/C=C/C/C=C/CCCCCCCCCC(=O)OC(COCCC(C(=O)O)[N+](C)(C)C)COC(=O)CCCCCCC/C=C/CCCCC. The van der Waals surface area contributed by atoms with Crippen LogP contribution in [0, 0.1) is 0 Å². The number of carboxylic acid groups (broad SMARTS) is 1. The van der Waals surface area contributed by atoms with Crippen molar-refractivity contribution in [3.8, 4) is 0 Å². The summed E-state index contributed by atoms with van der Waals surface area (Å²) >= 11 is 0. The first-order valence-electron chi connectivity index (χ1n) is 21.5. The van der Waals surface area contributed by atoms with Crippen LogP contribution in [0.1, 0.15) is 181 Å². The zero-order chi connectivity index (χ0) is 39.3. The van der Waals surface area contributed by atoms with E-state index in [9.17, 15) is 19.5 Å². The Labute approximate surface area is 325 Å². The van der Waals surface area contributed by atoms with Crippen LogP contribution in [0.25, 0.3) is 0 Å². The van der Waals surface area contributed by atoms with E-state index >= 15 is 0 Å². The van der Waals surface area contributed by atoms with E-state index in [1.54, 1.807) is 0 Å². The Morgan fingerprint density at radius 3 is 1.47 bits per heavy atom. The molecule has 0 aromatic heterocycles. The molecule has 2 atom stereocenters. The number of hydrogen-bond donors (Lipinski definition) is 1. The molecule has 0 aliphatic carbocycles. The second-order valence-corrected chi connectivity index (χ2v) is 15.6. The third-order valence-corrected chi connectivity index (χ3v) is 9.51. The number of quaternary nitrogens is 1. The lowest BCUT2D eigenvalue weighted by molar-refractivity contribution is -0.887. The molecule has 0 heterocycles. The number of nitrogens with zero attached hydrogens (tertiary/aromatic N) is 1.